The SMILES string of the molecule is Cc1ccc(NC(=O)Nc2ccc(=O)[nH]n2)c(O)c1. The largest absolute Gasteiger partial charge is 0.506 e. The van der Waals surface area contributed by atoms with Crippen LogP contribution in [0.3, 0.4) is 0 Å². The average Bonchev–Trinajstić information content (AvgIpc) is 2.36. The molecule has 7 nitrogen and oxygen atoms in total. The van der Waals surface area contributed by atoms with Crippen molar-refractivity contribution in [1.82, 2.24) is 10.2 Å². The zero-order valence-corrected chi connectivity index (χ0v) is 10.1. The van der Waals surface area contributed by atoms with Crippen LogP contribution in [0.5, 0.6) is 5.75 Å². The molecule has 4 N–H and O–H groups in total. The first-order chi connectivity index (χ1) is 9.04. The summed E-state index contributed by atoms with van der Waals surface area (Å²) in [5.74, 6) is 0.174. The van der Waals surface area contributed by atoms with Gasteiger partial charge in [-0.05, 0) is 30.7 Å². The number of rotatable bonds is 2. The number of aromatic nitrogens is 2. The van der Waals surface area contributed by atoms with Gasteiger partial charge in [0, 0.05) is 6.07 Å². The lowest BCUT2D eigenvalue weighted by molar-refractivity contribution is 0.262. The van der Waals surface area contributed by atoms with Gasteiger partial charge in [-0.25, -0.2) is 9.89 Å². The molecule has 0 radical (unpaired) electrons. The molecule has 0 saturated heterocycles. The van der Waals surface area contributed by atoms with E-state index in [4.69, 9.17) is 0 Å². The molecular weight excluding hydrogens is 248 g/mol. The highest BCUT2D eigenvalue weighted by Crippen LogP contribution is 2.23. The van der Waals surface area contributed by atoms with Crippen LogP contribution in [0.15, 0.2) is 35.1 Å². The molecule has 0 spiro atoms. The number of nitrogens with zero attached hydrogens (tertiary/aromatic N) is 1. The number of carbonyl (C=O) groups excluding carboxylic acids is 1. The first-order valence-corrected chi connectivity index (χ1v) is 5.48. The summed E-state index contributed by atoms with van der Waals surface area (Å²) in [6.07, 6.45) is 0. The number of hydrogen-bond acceptors (Lipinski definition) is 4. The van der Waals surface area contributed by atoms with Crippen LogP contribution in [0.4, 0.5) is 16.3 Å². The number of carbonyl (C=O) groups is 1. The molecule has 98 valence electrons. The van der Waals surface area contributed by atoms with Gasteiger partial charge < -0.3 is 10.4 Å². The van der Waals surface area contributed by atoms with Crippen LogP contribution in [0.2, 0.25) is 0 Å². The zero-order valence-electron chi connectivity index (χ0n) is 10.1. The van der Waals surface area contributed by atoms with Gasteiger partial charge in [-0.15, -0.1) is 0 Å². The van der Waals surface area contributed by atoms with E-state index in [1.807, 2.05) is 6.92 Å². The Morgan fingerprint density at radius 1 is 1.26 bits per heavy atom. The lowest BCUT2D eigenvalue weighted by Gasteiger charge is -2.08. The van der Waals surface area contributed by atoms with Crippen molar-refractivity contribution in [3.05, 3.63) is 46.2 Å². The van der Waals surface area contributed by atoms with Crippen LogP contribution in [-0.4, -0.2) is 21.3 Å². The van der Waals surface area contributed by atoms with Crippen LogP contribution in [-0.2, 0) is 0 Å². The minimum absolute atomic E-state index is 0.0235. The number of phenolic OH excluding ortho intramolecular Hbond substituents is 1. The third-order valence-corrected chi connectivity index (χ3v) is 2.32. The van der Waals surface area contributed by atoms with Crippen LogP contribution in [0.1, 0.15) is 5.56 Å². The molecule has 0 aliphatic rings. The second-order valence-electron chi connectivity index (χ2n) is 3.91. The number of aryl methyl sites for hydroxylation is 1. The fourth-order valence-electron chi connectivity index (χ4n) is 1.43. The zero-order chi connectivity index (χ0) is 13.8. The predicted molar refractivity (Wildman–Crippen MR) is 70.3 cm³/mol. The molecule has 7 heteroatoms. The van der Waals surface area contributed by atoms with Gasteiger partial charge in [0.05, 0.1) is 5.69 Å². The van der Waals surface area contributed by atoms with Crippen molar-refractivity contribution in [3.8, 4) is 5.75 Å². The van der Waals surface area contributed by atoms with Gasteiger partial charge >= 0.3 is 6.03 Å². The van der Waals surface area contributed by atoms with Crippen LogP contribution >= 0.6 is 0 Å². The summed E-state index contributed by atoms with van der Waals surface area (Å²) in [6, 6.07) is 6.92. The van der Waals surface area contributed by atoms with Gasteiger partial charge in [0.2, 0.25) is 0 Å². The minimum Gasteiger partial charge on any atom is -0.506 e. The van der Waals surface area contributed by atoms with Crippen molar-refractivity contribution >= 4 is 17.5 Å². The Balaban J connectivity index is 2.05. The number of aromatic amines is 1. The highest BCUT2D eigenvalue weighted by Gasteiger charge is 2.07. The molecule has 0 fully saturated rings. The molecule has 1 aromatic heterocycles. The van der Waals surface area contributed by atoms with Crippen LogP contribution < -0.4 is 16.2 Å². The monoisotopic (exact) mass is 260 g/mol. The lowest BCUT2D eigenvalue weighted by atomic mass is 10.2. The number of hydrogen-bond donors (Lipinski definition) is 4. The number of anilines is 2. The highest BCUT2D eigenvalue weighted by atomic mass is 16.3. The summed E-state index contributed by atoms with van der Waals surface area (Å²) >= 11 is 0. The molecule has 1 heterocycles. The third-order valence-electron chi connectivity index (χ3n) is 2.32. The molecule has 2 aromatic rings. The van der Waals surface area contributed by atoms with Gasteiger partial charge in [-0.2, -0.15) is 5.10 Å². The smallest absolute Gasteiger partial charge is 0.325 e. The van der Waals surface area contributed by atoms with Gasteiger partial charge in [0.25, 0.3) is 5.56 Å². The van der Waals surface area contributed by atoms with Crippen LogP contribution in [0.25, 0.3) is 0 Å². The van der Waals surface area contributed by atoms with E-state index in [2.05, 4.69) is 20.8 Å². The van der Waals surface area contributed by atoms with Gasteiger partial charge in [0.15, 0.2) is 5.82 Å². The van der Waals surface area contributed by atoms with E-state index in [0.29, 0.717) is 0 Å². The Bertz CT molecular complexity index is 646. The maximum atomic E-state index is 11.6. The fraction of sp³-hybridized carbons (Fsp3) is 0.0833. The second-order valence-corrected chi connectivity index (χ2v) is 3.91. The van der Waals surface area contributed by atoms with Crippen molar-refractivity contribution in [2.75, 3.05) is 10.6 Å². The van der Waals surface area contributed by atoms with Crippen LogP contribution in [0, 0.1) is 6.92 Å². The molecule has 2 amide bonds. The van der Waals surface area contributed by atoms with Crippen molar-refractivity contribution in [1.29, 1.82) is 0 Å². The lowest BCUT2D eigenvalue weighted by Crippen LogP contribution is -2.21. The number of phenols is 1. The summed E-state index contributed by atoms with van der Waals surface area (Å²) in [5, 5.41) is 20.3. The van der Waals surface area contributed by atoms with Crippen molar-refractivity contribution in [2.24, 2.45) is 0 Å². The average molecular weight is 260 g/mol. The molecule has 2 rings (SSSR count). The first kappa shape index (κ1) is 12.6. The van der Waals surface area contributed by atoms with E-state index in [0.717, 1.165) is 5.56 Å². The number of aromatic hydroxyl groups is 1. The molecular formula is C12H12N4O3. The second kappa shape index (κ2) is 5.21. The Morgan fingerprint density at radius 3 is 2.68 bits per heavy atom. The summed E-state index contributed by atoms with van der Waals surface area (Å²) in [7, 11) is 0. The number of urea groups is 1. The first-order valence-electron chi connectivity index (χ1n) is 5.48. The molecule has 0 aliphatic heterocycles. The Kier molecular flexibility index (Phi) is 3.46. The van der Waals surface area contributed by atoms with E-state index in [1.54, 1.807) is 12.1 Å². The van der Waals surface area contributed by atoms with E-state index in [1.165, 1.54) is 18.2 Å². The number of benzene rings is 1. The number of H-pyrrole nitrogens is 1. The summed E-state index contributed by atoms with van der Waals surface area (Å²) in [4.78, 5) is 22.4. The third kappa shape index (κ3) is 3.32. The fourth-order valence-corrected chi connectivity index (χ4v) is 1.43. The molecule has 19 heavy (non-hydrogen) atoms. The van der Waals surface area contributed by atoms with E-state index >= 15 is 0 Å². The molecule has 0 aliphatic carbocycles. The van der Waals surface area contributed by atoms with Crippen molar-refractivity contribution in [3.63, 3.8) is 0 Å². The predicted octanol–water partition coefficient (Wildman–Crippen LogP) is 1.43. The molecule has 0 bridgehead atoms. The highest BCUT2D eigenvalue weighted by molar-refractivity contribution is 6.00. The number of nitrogens with one attached hydrogen (secondary N) is 3. The van der Waals surface area contributed by atoms with Gasteiger partial charge in [0.1, 0.15) is 5.75 Å². The van der Waals surface area contributed by atoms with E-state index < -0.39 is 6.03 Å². The minimum atomic E-state index is -0.571. The Labute approximate surface area is 108 Å². The molecule has 0 atom stereocenters. The summed E-state index contributed by atoms with van der Waals surface area (Å²) < 4.78 is 0. The van der Waals surface area contributed by atoms with Gasteiger partial charge in [-0.1, -0.05) is 6.07 Å². The van der Waals surface area contributed by atoms with Crippen molar-refractivity contribution in [2.45, 2.75) is 6.92 Å². The normalized spacial score (nSPS) is 9.95. The molecule has 0 unspecified atom stereocenters. The Morgan fingerprint density at radius 2 is 2.05 bits per heavy atom. The van der Waals surface area contributed by atoms with Gasteiger partial charge in [-0.3, -0.25) is 10.1 Å². The topological polar surface area (TPSA) is 107 Å². The summed E-state index contributed by atoms with van der Waals surface area (Å²) in [6.45, 7) is 1.83. The Hall–Kier alpha value is -2.83. The summed E-state index contributed by atoms with van der Waals surface area (Å²) in [5.41, 5.74) is 0.806. The van der Waals surface area contributed by atoms with E-state index in [-0.39, 0.29) is 22.8 Å². The maximum absolute atomic E-state index is 11.6. The maximum Gasteiger partial charge on any atom is 0.325 e. The molecule has 0 saturated carbocycles. The number of amides is 2. The quantitative estimate of drug-likeness (QED) is 0.612. The van der Waals surface area contributed by atoms with E-state index in [9.17, 15) is 14.7 Å². The van der Waals surface area contributed by atoms with Crippen molar-refractivity contribution < 1.29 is 9.90 Å². The standard InChI is InChI=1S/C12H12N4O3/c1-7-2-3-8(9(17)6-7)13-12(19)14-10-4-5-11(18)16-15-10/h2-6,17H,1H3,(H,16,18)(H2,13,14,15,19). The molecule has 1 aromatic carbocycles.